The highest BCUT2D eigenvalue weighted by atomic mass is 79.9. The van der Waals surface area contributed by atoms with E-state index in [1.807, 2.05) is 31.2 Å². The van der Waals surface area contributed by atoms with E-state index in [9.17, 15) is 18.0 Å². The molecule has 5 nitrogen and oxygen atoms in total. The Balaban J connectivity index is 1.66. The SMILES string of the molecule is CCN(CC)CCCOc1cccc(N2C(=O)C(=Nc3cccc(C(F)(F)F)c3)c3cc(C)c(Br)cc32)c1. The summed E-state index contributed by atoms with van der Waals surface area (Å²) in [4.78, 5) is 21.9. The largest absolute Gasteiger partial charge is 0.493 e. The molecule has 200 valence electrons. The lowest BCUT2D eigenvalue weighted by atomic mass is 10.1. The van der Waals surface area contributed by atoms with E-state index in [0.717, 1.165) is 48.2 Å². The summed E-state index contributed by atoms with van der Waals surface area (Å²) in [5.74, 6) is 0.208. The van der Waals surface area contributed by atoms with Crippen LogP contribution in [0.5, 0.6) is 5.75 Å². The molecule has 0 aromatic heterocycles. The van der Waals surface area contributed by atoms with Crippen LogP contribution < -0.4 is 9.64 Å². The summed E-state index contributed by atoms with van der Waals surface area (Å²) in [5.41, 5.74) is 1.93. The van der Waals surface area contributed by atoms with E-state index in [4.69, 9.17) is 4.74 Å². The Morgan fingerprint density at radius 2 is 1.76 bits per heavy atom. The van der Waals surface area contributed by atoms with Crippen LogP contribution in [0, 0.1) is 6.92 Å². The third-order valence-electron chi connectivity index (χ3n) is 6.45. The summed E-state index contributed by atoms with van der Waals surface area (Å²) in [7, 11) is 0. The van der Waals surface area contributed by atoms with E-state index < -0.39 is 17.6 Å². The number of carbonyl (C=O) groups is 1. The van der Waals surface area contributed by atoms with E-state index >= 15 is 0 Å². The number of carbonyl (C=O) groups excluding carboxylic acids is 1. The fraction of sp³-hybridized carbons (Fsp3) is 0.310. The Labute approximate surface area is 229 Å². The fourth-order valence-corrected chi connectivity index (χ4v) is 4.68. The first-order chi connectivity index (χ1) is 18.1. The van der Waals surface area contributed by atoms with E-state index in [1.54, 1.807) is 12.1 Å². The molecule has 38 heavy (non-hydrogen) atoms. The van der Waals surface area contributed by atoms with Gasteiger partial charge in [0, 0.05) is 22.6 Å². The van der Waals surface area contributed by atoms with Crippen molar-refractivity contribution in [2.24, 2.45) is 4.99 Å². The second-order valence-corrected chi connectivity index (χ2v) is 9.85. The molecule has 0 bridgehead atoms. The number of aryl methyl sites for hydroxylation is 1. The molecule has 1 amide bonds. The number of ether oxygens (including phenoxy) is 1. The molecule has 4 rings (SSSR count). The van der Waals surface area contributed by atoms with Crippen molar-refractivity contribution in [2.75, 3.05) is 31.1 Å². The Hall–Kier alpha value is -3.17. The maximum Gasteiger partial charge on any atom is 0.416 e. The maximum absolute atomic E-state index is 13.7. The molecular formula is C29H29BrF3N3O2. The standard InChI is InChI=1S/C29H29BrF3N3O2/c1-4-35(5-2)13-8-14-38-23-12-7-11-22(17-23)36-26-18-25(30)19(3)15-24(26)27(28(36)37)34-21-10-6-9-20(16-21)29(31,32)33/h6-7,9-12,15-18H,4-5,8,13-14H2,1-3H3. The molecule has 1 aliphatic rings. The third-order valence-corrected chi connectivity index (χ3v) is 7.31. The Morgan fingerprint density at radius 3 is 2.47 bits per heavy atom. The molecule has 1 aliphatic heterocycles. The quantitative estimate of drug-likeness (QED) is 0.241. The van der Waals surface area contributed by atoms with Gasteiger partial charge in [-0.15, -0.1) is 0 Å². The number of anilines is 2. The first-order valence-corrected chi connectivity index (χ1v) is 13.3. The molecule has 1 heterocycles. The first-order valence-electron chi connectivity index (χ1n) is 12.5. The number of alkyl halides is 3. The monoisotopic (exact) mass is 587 g/mol. The van der Waals surface area contributed by atoms with Crippen LogP contribution in [-0.4, -0.2) is 42.8 Å². The summed E-state index contributed by atoms with van der Waals surface area (Å²) in [6, 6.07) is 15.6. The van der Waals surface area contributed by atoms with Crippen molar-refractivity contribution < 1.29 is 22.7 Å². The van der Waals surface area contributed by atoms with Crippen LogP contribution in [0.25, 0.3) is 0 Å². The minimum atomic E-state index is -4.51. The highest BCUT2D eigenvalue weighted by molar-refractivity contribution is 9.10. The van der Waals surface area contributed by atoms with Crippen molar-refractivity contribution in [1.82, 2.24) is 4.90 Å². The zero-order valence-electron chi connectivity index (χ0n) is 21.5. The molecule has 0 spiro atoms. The molecule has 3 aromatic carbocycles. The average Bonchev–Trinajstić information content (AvgIpc) is 3.14. The normalized spacial score (nSPS) is 14.5. The van der Waals surface area contributed by atoms with Gasteiger partial charge < -0.3 is 9.64 Å². The number of hydrogen-bond acceptors (Lipinski definition) is 4. The predicted octanol–water partition coefficient (Wildman–Crippen LogP) is 7.69. The van der Waals surface area contributed by atoms with Crippen LogP contribution in [0.4, 0.5) is 30.2 Å². The van der Waals surface area contributed by atoms with Crippen molar-refractivity contribution in [3.05, 3.63) is 81.8 Å². The minimum Gasteiger partial charge on any atom is -0.493 e. The summed E-state index contributed by atoms with van der Waals surface area (Å²) in [5, 5.41) is 0. The van der Waals surface area contributed by atoms with E-state index in [0.29, 0.717) is 29.3 Å². The summed E-state index contributed by atoms with van der Waals surface area (Å²) >= 11 is 3.54. The molecule has 0 aliphatic carbocycles. The van der Waals surface area contributed by atoms with Crippen molar-refractivity contribution >= 4 is 44.6 Å². The predicted molar refractivity (Wildman–Crippen MR) is 148 cm³/mol. The van der Waals surface area contributed by atoms with Crippen molar-refractivity contribution in [3.8, 4) is 5.75 Å². The zero-order chi connectivity index (χ0) is 27.4. The number of fused-ring (bicyclic) bond motifs is 1. The molecule has 0 unspecified atom stereocenters. The Kier molecular flexibility index (Phi) is 8.57. The van der Waals surface area contributed by atoms with Gasteiger partial charge in [-0.2, -0.15) is 13.2 Å². The second-order valence-electron chi connectivity index (χ2n) is 8.99. The number of aliphatic imine (C=N–C) groups is 1. The topological polar surface area (TPSA) is 45.1 Å². The number of hydrogen-bond donors (Lipinski definition) is 0. The summed E-state index contributed by atoms with van der Waals surface area (Å²) in [6.45, 7) is 9.59. The lowest BCUT2D eigenvalue weighted by Crippen LogP contribution is -2.25. The van der Waals surface area contributed by atoms with Gasteiger partial charge in [0.05, 0.1) is 29.2 Å². The smallest absolute Gasteiger partial charge is 0.416 e. The number of benzene rings is 3. The van der Waals surface area contributed by atoms with Crippen LogP contribution in [0.3, 0.4) is 0 Å². The Bertz CT molecular complexity index is 1350. The van der Waals surface area contributed by atoms with Crippen molar-refractivity contribution in [1.29, 1.82) is 0 Å². The molecule has 0 N–H and O–H groups in total. The number of nitrogens with zero attached hydrogens (tertiary/aromatic N) is 3. The molecule has 0 fully saturated rings. The summed E-state index contributed by atoms with van der Waals surface area (Å²) in [6.07, 6.45) is -3.63. The zero-order valence-corrected chi connectivity index (χ0v) is 23.1. The number of rotatable bonds is 9. The molecule has 0 atom stereocenters. The minimum absolute atomic E-state index is 0.0573. The van der Waals surface area contributed by atoms with Gasteiger partial charge in [-0.3, -0.25) is 9.69 Å². The van der Waals surface area contributed by atoms with Gasteiger partial charge in [-0.25, -0.2) is 4.99 Å². The van der Waals surface area contributed by atoms with Gasteiger partial charge in [0.15, 0.2) is 0 Å². The fourth-order valence-electron chi connectivity index (χ4n) is 4.35. The van der Waals surface area contributed by atoms with E-state index in [-0.39, 0.29) is 11.4 Å². The van der Waals surface area contributed by atoms with Gasteiger partial charge in [0.1, 0.15) is 11.5 Å². The second kappa shape index (κ2) is 11.7. The molecule has 0 radical (unpaired) electrons. The number of halogens is 4. The highest BCUT2D eigenvalue weighted by Gasteiger charge is 2.36. The molecule has 0 saturated heterocycles. The van der Waals surface area contributed by atoms with Crippen LogP contribution >= 0.6 is 15.9 Å². The van der Waals surface area contributed by atoms with Gasteiger partial charge in [0.25, 0.3) is 5.91 Å². The van der Waals surface area contributed by atoms with Gasteiger partial charge in [-0.1, -0.05) is 41.9 Å². The van der Waals surface area contributed by atoms with Crippen LogP contribution in [-0.2, 0) is 11.0 Å². The van der Waals surface area contributed by atoms with Crippen LogP contribution in [0.15, 0.2) is 70.1 Å². The Morgan fingerprint density at radius 1 is 1.03 bits per heavy atom. The molecule has 9 heteroatoms. The van der Waals surface area contributed by atoms with Crippen molar-refractivity contribution in [3.63, 3.8) is 0 Å². The van der Waals surface area contributed by atoms with Crippen LogP contribution in [0.1, 0.15) is 37.0 Å². The third kappa shape index (κ3) is 6.10. The van der Waals surface area contributed by atoms with E-state index in [2.05, 4.69) is 39.7 Å². The van der Waals surface area contributed by atoms with Gasteiger partial charge in [0.2, 0.25) is 0 Å². The maximum atomic E-state index is 13.7. The van der Waals surface area contributed by atoms with E-state index in [1.165, 1.54) is 17.0 Å². The average molecular weight is 588 g/mol. The van der Waals surface area contributed by atoms with Gasteiger partial charge >= 0.3 is 6.18 Å². The lowest BCUT2D eigenvalue weighted by Gasteiger charge is -2.19. The summed E-state index contributed by atoms with van der Waals surface area (Å²) < 4.78 is 46.6. The number of amides is 1. The highest BCUT2D eigenvalue weighted by Crippen LogP contribution is 2.41. The van der Waals surface area contributed by atoms with Crippen LogP contribution in [0.2, 0.25) is 0 Å². The van der Waals surface area contributed by atoms with Crippen molar-refractivity contribution in [2.45, 2.75) is 33.4 Å². The first kappa shape index (κ1) is 27.9. The lowest BCUT2D eigenvalue weighted by molar-refractivity contribution is -0.137. The molecular weight excluding hydrogens is 559 g/mol. The molecule has 3 aromatic rings. The molecule has 0 saturated carbocycles. The van der Waals surface area contributed by atoms with Gasteiger partial charge in [-0.05, 0) is 74.5 Å².